The van der Waals surface area contributed by atoms with Crippen LogP contribution in [0.3, 0.4) is 0 Å². The molecular formula is C16H16BrNO2. The van der Waals surface area contributed by atoms with E-state index in [2.05, 4.69) is 28.2 Å². The quantitative estimate of drug-likeness (QED) is 0.907. The van der Waals surface area contributed by atoms with Gasteiger partial charge in [-0.1, -0.05) is 13.0 Å². The van der Waals surface area contributed by atoms with E-state index in [1.807, 2.05) is 18.2 Å². The molecule has 0 heterocycles. The van der Waals surface area contributed by atoms with Gasteiger partial charge in [-0.3, -0.25) is 4.79 Å². The molecule has 2 aromatic carbocycles. The Balaban J connectivity index is 2.14. The molecule has 0 spiro atoms. The molecule has 3 nitrogen and oxygen atoms in total. The molecule has 0 saturated heterocycles. The fourth-order valence-corrected chi connectivity index (χ4v) is 2.34. The molecular weight excluding hydrogens is 318 g/mol. The van der Waals surface area contributed by atoms with Crippen LogP contribution >= 0.6 is 15.9 Å². The van der Waals surface area contributed by atoms with Gasteiger partial charge in [0, 0.05) is 10.0 Å². The molecule has 0 aliphatic rings. The minimum absolute atomic E-state index is 0.141. The summed E-state index contributed by atoms with van der Waals surface area (Å²) in [6.45, 7) is 2.09. The third kappa shape index (κ3) is 3.39. The van der Waals surface area contributed by atoms with Crippen molar-refractivity contribution >= 4 is 27.5 Å². The summed E-state index contributed by atoms with van der Waals surface area (Å²) < 4.78 is 5.96. The second-order valence-corrected chi connectivity index (χ2v) is 5.20. The smallest absolute Gasteiger partial charge is 0.255 e. The average Bonchev–Trinajstić information content (AvgIpc) is 2.49. The van der Waals surface area contributed by atoms with Crippen LogP contribution in [0.4, 0.5) is 5.69 Å². The first-order valence-electron chi connectivity index (χ1n) is 6.38. The van der Waals surface area contributed by atoms with Gasteiger partial charge in [-0.2, -0.15) is 0 Å². The van der Waals surface area contributed by atoms with Crippen molar-refractivity contribution in [2.24, 2.45) is 0 Å². The van der Waals surface area contributed by atoms with Gasteiger partial charge in [0.2, 0.25) is 0 Å². The van der Waals surface area contributed by atoms with Crippen LogP contribution in [0.1, 0.15) is 22.8 Å². The lowest BCUT2D eigenvalue weighted by molar-refractivity contribution is 0.102. The molecule has 0 aromatic heterocycles. The molecule has 2 rings (SSSR count). The Bertz CT molecular complexity index is 608. The van der Waals surface area contributed by atoms with E-state index in [1.54, 1.807) is 31.4 Å². The lowest BCUT2D eigenvalue weighted by Gasteiger charge is -2.09. The van der Waals surface area contributed by atoms with Crippen LogP contribution in [0.25, 0.3) is 0 Å². The van der Waals surface area contributed by atoms with Crippen LogP contribution in [-0.4, -0.2) is 13.0 Å². The highest BCUT2D eigenvalue weighted by molar-refractivity contribution is 9.10. The molecule has 4 heteroatoms. The minimum Gasteiger partial charge on any atom is -0.497 e. The highest BCUT2D eigenvalue weighted by Crippen LogP contribution is 2.24. The molecule has 1 amide bonds. The molecule has 20 heavy (non-hydrogen) atoms. The van der Waals surface area contributed by atoms with Crippen molar-refractivity contribution in [3.8, 4) is 5.75 Å². The number of anilines is 1. The second kappa shape index (κ2) is 6.57. The zero-order valence-corrected chi connectivity index (χ0v) is 13.0. The number of benzene rings is 2. The summed E-state index contributed by atoms with van der Waals surface area (Å²) in [5.74, 6) is 0.590. The molecule has 104 valence electrons. The van der Waals surface area contributed by atoms with Gasteiger partial charge in [-0.25, -0.2) is 0 Å². The Morgan fingerprint density at radius 1 is 1.20 bits per heavy atom. The average molecular weight is 334 g/mol. The SMILES string of the molecule is CCc1ccc(NC(=O)c2ccc(OC)cc2)c(Br)c1. The molecule has 0 bridgehead atoms. The first-order chi connectivity index (χ1) is 9.63. The van der Waals surface area contributed by atoms with Crippen molar-refractivity contribution < 1.29 is 9.53 Å². The van der Waals surface area contributed by atoms with Crippen LogP contribution in [0, 0.1) is 0 Å². The lowest BCUT2D eigenvalue weighted by atomic mass is 10.1. The maximum atomic E-state index is 12.1. The summed E-state index contributed by atoms with van der Waals surface area (Å²) in [5.41, 5.74) is 2.58. The zero-order valence-electron chi connectivity index (χ0n) is 11.4. The summed E-state index contributed by atoms with van der Waals surface area (Å²) in [7, 11) is 1.60. The molecule has 2 aromatic rings. The molecule has 0 aliphatic heterocycles. The van der Waals surface area contributed by atoms with Gasteiger partial charge in [0.05, 0.1) is 12.8 Å². The molecule has 0 radical (unpaired) electrons. The number of carbonyl (C=O) groups is 1. The molecule has 0 aliphatic carbocycles. The number of carbonyl (C=O) groups excluding carboxylic acids is 1. The number of ether oxygens (including phenoxy) is 1. The number of methoxy groups -OCH3 is 1. The number of nitrogens with one attached hydrogen (secondary N) is 1. The molecule has 0 atom stereocenters. The second-order valence-electron chi connectivity index (χ2n) is 4.35. The van der Waals surface area contributed by atoms with Crippen LogP contribution < -0.4 is 10.1 Å². The first kappa shape index (κ1) is 14.6. The van der Waals surface area contributed by atoms with E-state index in [-0.39, 0.29) is 5.91 Å². The lowest BCUT2D eigenvalue weighted by Crippen LogP contribution is -2.12. The van der Waals surface area contributed by atoms with Gasteiger partial charge in [0.15, 0.2) is 0 Å². The molecule has 0 unspecified atom stereocenters. The van der Waals surface area contributed by atoms with E-state index in [1.165, 1.54) is 5.56 Å². The number of hydrogen-bond donors (Lipinski definition) is 1. The van der Waals surface area contributed by atoms with Gasteiger partial charge in [0.25, 0.3) is 5.91 Å². The van der Waals surface area contributed by atoms with E-state index < -0.39 is 0 Å². The van der Waals surface area contributed by atoms with E-state index >= 15 is 0 Å². The fraction of sp³-hybridized carbons (Fsp3) is 0.188. The van der Waals surface area contributed by atoms with E-state index in [0.29, 0.717) is 5.56 Å². The predicted molar refractivity (Wildman–Crippen MR) is 84.5 cm³/mol. The van der Waals surface area contributed by atoms with Gasteiger partial charge in [-0.05, 0) is 64.3 Å². The van der Waals surface area contributed by atoms with Crippen molar-refractivity contribution in [2.45, 2.75) is 13.3 Å². The summed E-state index contributed by atoms with van der Waals surface area (Å²) in [6, 6.07) is 12.9. The monoisotopic (exact) mass is 333 g/mol. The largest absolute Gasteiger partial charge is 0.497 e. The number of rotatable bonds is 4. The summed E-state index contributed by atoms with van der Waals surface area (Å²) in [4.78, 5) is 12.1. The number of amides is 1. The van der Waals surface area contributed by atoms with Gasteiger partial charge in [0.1, 0.15) is 5.75 Å². The molecule has 0 saturated carbocycles. The highest BCUT2D eigenvalue weighted by Gasteiger charge is 2.08. The third-order valence-corrected chi connectivity index (χ3v) is 3.70. The molecule has 0 fully saturated rings. The Labute approximate surface area is 127 Å². The topological polar surface area (TPSA) is 38.3 Å². The van der Waals surface area contributed by atoms with Crippen LogP contribution in [0.15, 0.2) is 46.9 Å². The first-order valence-corrected chi connectivity index (χ1v) is 7.17. The van der Waals surface area contributed by atoms with E-state index in [4.69, 9.17) is 4.74 Å². The Kier molecular flexibility index (Phi) is 4.79. The maximum Gasteiger partial charge on any atom is 0.255 e. The normalized spacial score (nSPS) is 10.2. The van der Waals surface area contributed by atoms with Crippen molar-refractivity contribution in [3.05, 3.63) is 58.1 Å². The van der Waals surface area contributed by atoms with Crippen LogP contribution in [0.2, 0.25) is 0 Å². The van der Waals surface area contributed by atoms with Crippen LogP contribution in [0.5, 0.6) is 5.75 Å². The standard InChI is InChI=1S/C16H16BrNO2/c1-3-11-4-9-15(14(17)10-11)18-16(19)12-5-7-13(20-2)8-6-12/h4-10H,3H2,1-2H3,(H,18,19). The zero-order chi connectivity index (χ0) is 14.5. The minimum atomic E-state index is -0.141. The van der Waals surface area contributed by atoms with Crippen molar-refractivity contribution in [2.75, 3.05) is 12.4 Å². The summed E-state index contributed by atoms with van der Waals surface area (Å²) in [6.07, 6.45) is 0.964. The van der Waals surface area contributed by atoms with Crippen LogP contribution in [-0.2, 0) is 6.42 Å². The predicted octanol–water partition coefficient (Wildman–Crippen LogP) is 4.27. The third-order valence-electron chi connectivity index (χ3n) is 3.04. The van der Waals surface area contributed by atoms with Crippen molar-refractivity contribution in [1.29, 1.82) is 0 Å². The fourth-order valence-electron chi connectivity index (χ4n) is 1.82. The van der Waals surface area contributed by atoms with Gasteiger partial charge < -0.3 is 10.1 Å². The van der Waals surface area contributed by atoms with Crippen molar-refractivity contribution in [3.63, 3.8) is 0 Å². The summed E-state index contributed by atoms with van der Waals surface area (Å²) >= 11 is 3.48. The maximum absolute atomic E-state index is 12.1. The Hall–Kier alpha value is -1.81. The number of hydrogen-bond acceptors (Lipinski definition) is 2. The van der Waals surface area contributed by atoms with Gasteiger partial charge in [-0.15, -0.1) is 0 Å². The van der Waals surface area contributed by atoms with E-state index in [9.17, 15) is 4.79 Å². The molecule has 1 N–H and O–H groups in total. The van der Waals surface area contributed by atoms with Crippen molar-refractivity contribution in [1.82, 2.24) is 0 Å². The highest BCUT2D eigenvalue weighted by atomic mass is 79.9. The Morgan fingerprint density at radius 2 is 1.90 bits per heavy atom. The van der Waals surface area contributed by atoms with E-state index in [0.717, 1.165) is 22.3 Å². The van der Waals surface area contributed by atoms with Gasteiger partial charge >= 0.3 is 0 Å². The summed E-state index contributed by atoms with van der Waals surface area (Å²) in [5, 5.41) is 2.89. The number of halogens is 1. The number of aryl methyl sites for hydroxylation is 1. The Morgan fingerprint density at radius 3 is 2.45 bits per heavy atom.